The van der Waals surface area contributed by atoms with Gasteiger partial charge in [0.25, 0.3) is 10.0 Å². The van der Waals surface area contributed by atoms with Crippen molar-refractivity contribution in [3.63, 3.8) is 0 Å². The van der Waals surface area contributed by atoms with Crippen LogP contribution in [-0.2, 0) is 23.6 Å². The van der Waals surface area contributed by atoms with Crippen LogP contribution in [0, 0.1) is 0 Å². The quantitative estimate of drug-likeness (QED) is 0.794. The van der Waals surface area contributed by atoms with E-state index in [1.807, 2.05) is 19.9 Å². The van der Waals surface area contributed by atoms with Gasteiger partial charge >= 0.3 is 0 Å². The van der Waals surface area contributed by atoms with Crippen molar-refractivity contribution in [1.82, 2.24) is 24.3 Å². The Morgan fingerprint density at radius 2 is 2.10 bits per heavy atom. The van der Waals surface area contributed by atoms with Crippen LogP contribution in [0.4, 0.5) is 0 Å². The summed E-state index contributed by atoms with van der Waals surface area (Å²) < 4.78 is 28.5. The number of aromatic nitrogens is 4. The van der Waals surface area contributed by atoms with E-state index >= 15 is 0 Å². The largest absolute Gasteiger partial charge is 0.263 e. The summed E-state index contributed by atoms with van der Waals surface area (Å²) >= 11 is 3.14. The molecule has 7 nitrogen and oxygen atoms in total. The van der Waals surface area contributed by atoms with Crippen molar-refractivity contribution in [3.8, 4) is 0 Å². The van der Waals surface area contributed by atoms with Gasteiger partial charge in [-0.05, 0) is 41.9 Å². The molecule has 2 aromatic rings. The van der Waals surface area contributed by atoms with Crippen LogP contribution in [-0.4, -0.2) is 38.7 Å². The van der Waals surface area contributed by atoms with Crippen LogP contribution in [0.25, 0.3) is 0 Å². The van der Waals surface area contributed by atoms with Gasteiger partial charge in [-0.1, -0.05) is 11.3 Å². The summed E-state index contributed by atoms with van der Waals surface area (Å²) in [6, 6.07) is 5.19. The summed E-state index contributed by atoms with van der Waals surface area (Å²) in [5.41, 5.74) is 0.682. The Morgan fingerprint density at radius 1 is 1.38 bits per heavy atom. The van der Waals surface area contributed by atoms with Crippen molar-refractivity contribution in [2.45, 2.75) is 31.5 Å². The Labute approximate surface area is 132 Å². The number of aryl methyl sites for hydroxylation is 1. The Hall–Kier alpha value is -1.32. The Bertz CT molecular complexity index is 695. The van der Waals surface area contributed by atoms with Gasteiger partial charge in [-0.25, -0.2) is 13.1 Å². The van der Waals surface area contributed by atoms with Crippen molar-refractivity contribution in [1.29, 1.82) is 0 Å². The molecule has 9 heteroatoms. The molecule has 0 aliphatic rings. The van der Waals surface area contributed by atoms with Gasteiger partial charge in [0, 0.05) is 19.3 Å². The molecule has 2 aromatic heterocycles. The molecule has 0 aliphatic heterocycles. The van der Waals surface area contributed by atoms with Crippen LogP contribution in [0.15, 0.2) is 34.0 Å². The lowest BCUT2D eigenvalue weighted by molar-refractivity contribution is 0.341. The minimum Gasteiger partial charge on any atom is -0.260 e. The fraction of sp³-hybridized carbons (Fsp3) is 0.417. The number of rotatable bonds is 5. The monoisotopic (exact) mass is 373 g/mol. The minimum atomic E-state index is -3.73. The van der Waals surface area contributed by atoms with Gasteiger partial charge in [0.05, 0.1) is 12.2 Å². The molecule has 21 heavy (non-hydrogen) atoms. The summed E-state index contributed by atoms with van der Waals surface area (Å²) in [6.45, 7) is 3.83. The third-order valence-electron chi connectivity index (χ3n) is 2.91. The Kier molecular flexibility index (Phi) is 4.74. The number of hydrogen-bond acceptors (Lipinski definition) is 5. The lowest BCUT2D eigenvalue weighted by atomic mass is 10.3. The van der Waals surface area contributed by atoms with Gasteiger partial charge in [-0.15, -0.1) is 5.10 Å². The fourth-order valence-corrected chi connectivity index (χ4v) is 4.55. The second kappa shape index (κ2) is 6.20. The third kappa shape index (κ3) is 3.30. The topological polar surface area (TPSA) is 81.0 Å². The van der Waals surface area contributed by atoms with E-state index in [0.29, 0.717) is 5.69 Å². The molecule has 0 aliphatic carbocycles. The van der Waals surface area contributed by atoms with E-state index in [1.165, 1.54) is 8.99 Å². The number of sulfonamides is 1. The molecular weight excluding hydrogens is 358 g/mol. The first-order valence-electron chi connectivity index (χ1n) is 6.31. The van der Waals surface area contributed by atoms with E-state index in [-0.39, 0.29) is 22.2 Å². The predicted molar refractivity (Wildman–Crippen MR) is 80.8 cm³/mol. The molecule has 0 atom stereocenters. The first-order valence-corrected chi connectivity index (χ1v) is 8.54. The molecular formula is C12H16BrN5O2S. The van der Waals surface area contributed by atoms with E-state index in [0.717, 1.165) is 0 Å². The van der Waals surface area contributed by atoms with Crippen LogP contribution in [0.5, 0.6) is 0 Å². The SMILES string of the molecule is CC(C)N(Cc1ccccn1)S(=O)(=O)c1c(Br)nnn1C. The minimum absolute atomic E-state index is 0.0344. The van der Waals surface area contributed by atoms with E-state index in [2.05, 4.69) is 31.2 Å². The number of pyridine rings is 1. The van der Waals surface area contributed by atoms with Crippen LogP contribution in [0.1, 0.15) is 19.5 Å². The van der Waals surface area contributed by atoms with Gasteiger partial charge < -0.3 is 0 Å². The molecule has 0 aromatic carbocycles. The van der Waals surface area contributed by atoms with E-state index < -0.39 is 10.0 Å². The van der Waals surface area contributed by atoms with Gasteiger partial charge in [-0.2, -0.15) is 4.31 Å². The lowest BCUT2D eigenvalue weighted by Gasteiger charge is -2.25. The maximum absolute atomic E-state index is 12.8. The summed E-state index contributed by atoms with van der Waals surface area (Å²) in [4.78, 5) is 4.18. The van der Waals surface area contributed by atoms with Gasteiger partial charge in [0.1, 0.15) is 0 Å². The molecule has 0 saturated carbocycles. The number of halogens is 1. The standard InChI is InChI=1S/C12H16BrN5O2S/c1-9(2)18(8-10-6-4-5-7-14-10)21(19,20)12-11(13)15-16-17(12)3/h4-7,9H,8H2,1-3H3. The molecule has 0 fully saturated rings. The van der Waals surface area contributed by atoms with Crippen molar-refractivity contribution in [3.05, 3.63) is 34.7 Å². The zero-order valence-corrected chi connectivity index (χ0v) is 14.3. The van der Waals surface area contributed by atoms with Gasteiger partial charge in [0.2, 0.25) is 5.03 Å². The highest BCUT2D eigenvalue weighted by atomic mass is 79.9. The van der Waals surface area contributed by atoms with Crippen LogP contribution >= 0.6 is 15.9 Å². The zero-order valence-electron chi connectivity index (χ0n) is 11.9. The number of nitrogens with zero attached hydrogens (tertiary/aromatic N) is 5. The smallest absolute Gasteiger partial charge is 0.260 e. The first kappa shape index (κ1) is 16.1. The summed E-state index contributed by atoms with van der Waals surface area (Å²) in [7, 11) is -2.19. The average molecular weight is 374 g/mol. The van der Waals surface area contributed by atoms with Crippen molar-refractivity contribution >= 4 is 26.0 Å². The maximum Gasteiger partial charge on any atom is 0.263 e. The summed E-state index contributed by atoms with van der Waals surface area (Å²) in [6.07, 6.45) is 1.64. The fourth-order valence-electron chi connectivity index (χ4n) is 1.90. The lowest BCUT2D eigenvalue weighted by Crippen LogP contribution is -2.37. The van der Waals surface area contributed by atoms with Crippen molar-refractivity contribution in [2.24, 2.45) is 7.05 Å². The Balaban J connectivity index is 2.43. The molecule has 0 unspecified atom stereocenters. The van der Waals surface area contributed by atoms with E-state index in [4.69, 9.17) is 0 Å². The highest BCUT2D eigenvalue weighted by molar-refractivity contribution is 9.10. The molecule has 0 spiro atoms. The van der Waals surface area contributed by atoms with Crippen LogP contribution in [0.2, 0.25) is 0 Å². The molecule has 2 rings (SSSR count). The van der Waals surface area contributed by atoms with Crippen LogP contribution < -0.4 is 0 Å². The van der Waals surface area contributed by atoms with Gasteiger partial charge in [-0.3, -0.25) is 4.98 Å². The molecule has 0 bridgehead atoms. The predicted octanol–water partition coefficient (Wildman–Crippen LogP) is 1.57. The van der Waals surface area contributed by atoms with E-state index in [1.54, 1.807) is 25.4 Å². The van der Waals surface area contributed by atoms with Crippen molar-refractivity contribution < 1.29 is 8.42 Å². The number of hydrogen-bond donors (Lipinski definition) is 0. The first-order chi connectivity index (χ1) is 9.84. The molecule has 2 heterocycles. The van der Waals surface area contributed by atoms with Crippen molar-refractivity contribution in [2.75, 3.05) is 0 Å². The van der Waals surface area contributed by atoms with Crippen LogP contribution in [0.3, 0.4) is 0 Å². The highest BCUT2D eigenvalue weighted by Crippen LogP contribution is 2.25. The molecule has 0 radical (unpaired) electrons. The maximum atomic E-state index is 12.8. The Morgan fingerprint density at radius 3 is 2.57 bits per heavy atom. The molecule has 0 N–H and O–H groups in total. The summed E-state index contributed by atoms with van der Waals surface area (Å²) in [5, 5.41) is 7.50. The highest BCUT2D eigenvalue weighted by Gasteiger charge is 2.33. The zero-order chi connectivity index (χ0) is 15.6. The molecule has 114 valence electrons. The third-order valence-corrected chi connectivity index (χ3v) is 5.82. The van der Waals surface area contributed by atoms with E-state index in [9.17, 15) is 8.42 Å². The second-order valence-electron chi connectivity index (χ2n) is 4.77. The van der Waals surface area contributed by atoms with Gasteiger partial charge in [0.15, 0.2) is 4.60 Å². The average Bonchev–Trinajstić information content (AvgIpc) is 2.76. The second-order valence-corrected chi connectivity index (χ2v) is 7.33. The normalized spacial score (nSPS) is 12.3. The summed E-state index contributed by atoms with van der Waals surface area (Å²) in [5.74, 6) is 0. The molecule has 0 saturated heterocycles. The molecule has 0 amide bonds.